The Kier molecular flexibility index (Phi) is 5.39. The molecule has 1 amide bonds. The number of rotatable bonds is 3. The number of aryl methyl sites for hydroxylation is 2. The summed E-state index contributed by atoms with van der Waals surface area (Å²) in [5, 5.41) is 3.76. The van der Waals surface area contributed by atoms with Crippen molar-refractivity contribution in [1.29, 1.82) is 0 Å². The predicted molar refractivity (Wildman–Crippen MR) is 98.7 cm³/mol. The average molecular weight is 400 g/mol. The fraction of sp³-hybridized carbons (Fsp3) is 0.778. The highest BCUT2D eigenvalue weighted by atomic mass is 32.2. The molecule has 3 rings (SSSR count). The molecule has 1 aromatic heterocycles. The van der Waals surface area contributed by atoms with Crippen molar-refractivity contribution in [3.8, 4) is 0 Å². The maximum absolute atomic E-state index is 13.1. The van der Waals surface area contributed by atoms with Gasteiger partial charge in [0, 0.05) is 26.2 Å². The molecule has 0 radical (unpaired) electrons. The summed E-state index contributed by atoms with van der Waals surface area (Å²) < 4.78 is 38.5. The fourth-order valence-electron chi connectivity index (χ4n) is 4.21. The zero-order chi connectivity index (χ0) is 20.0. The molecule has 0 aliphatic carbocycles. The lowest BCUT2D eigenvalue weighted by Gasteiger charge is -2.43. The SMILES string of the molecule is Cc1noc(C)c1S(=O)(=O)N1CCCC(C(=O)N2CC(C)OC(C)(C)C2)C1. The van der Waals surface area contributed by atoms with Crippen LogP contribution in [0.4, 0.5) is 0 Å². The largest absolute Gasteiger partial charge is 0.369 e. The van der Waals surface area contributed by atoms with Gasteiger partial charge in [0.15, 0.2) is 5.76 Å². The standard InChI is InChI=1S/C18H29N3O5S/c1-12-9-20(11-18(4,5)25-12)17(22)15-7-6-8-21(10-15)27(23,24)16-13(2)19-26-14(16)3/h12,15H,6-11H2,1-5H3. The third-order valence-corrected chi connectivity index (χ3v) is 7.29. The third-order valence-electron chi connectivity index (χ3n) is 5.18. The van der Waals surface area contributed by atoms with Gasteiger partial charge < -0.3 is 14.2 Å². The number of carbonyl (C=O) groups is 1. The number of nitrogens with zero attached hydrogens (tertiary/aromatic N) is 3. The number of amides is 1. The highest BCUT2D eigenvalue weighted by Crippen LogP contribution is 2.30. The van der Waals surface area contributed by atoms with E-state index < -0.39 is 15.6 Å². The molecule has 0 spiro atoms. The van der Waals surface area contributed by atoms with Crippen LogP contribution in [0.2, 0.25) is 0 Å². The van der Waals surface area contributed by atoms with Gasteiger partial charge in [-0.05, 0) is 47.5 Å². The molecule has 9 heteroatoms. The summed E-state index contributed by atoms with van der Waals surface area (Å²) in [5.74, 6) is -0.0447. The third kappa shape index (κ3) is 4.05. The van der Waals surface area contributed by atoms with Crippen molar-refractivity contribution in [1.82, 2.24) is 14.4 Å². The van der Waals surface area contributed by atoms with Crippen LogP contribution < -0.4 is 0 Å². The Hall–Kier alpha value is -1.45. The molecule has 0 aromatic carbocycles. The van der Waals surface area contributed by atoms with Crippen LogP contribution in [-0.4, -0.2) is 66.6 Å². The van der Waals surface area contributed by atoms with Gasteiger partial charge >= 0.3 is 0 Å². The Bertz CT molecular complexity index is 797. The summed E-state index contributed by atoms with van der Waals surface area (Å²) in [7, 11) is -3.73. The second kappa shape index (κ2) is 7.18. The summed E-state index contributed by atoms with van der Waals surface area (Å²) in [6.45, 7) is 10.8. The molecular weight excluding hydrogens is 370 g/mol. The van der Waals surface area contributed by atoms with Crippen LogP contribution in [0.5, 0.6) is 0 Å². The van der Waals surface area contributed by atoms with Crippen molar-refractivity contribution in [3.05, 3.63) is 11.5 Å². The van der Waals surface area contributed by atoms with Gasteiger partial charge in [-0.25, -0.2) is 8.42 Å². The van der Waals surface area contributed by atoms with Crippen molar-refractivity contribution < 1.29 is 22.5 Å². The Morgan fingerprint density at radius 3 is 2.56 bits per heavy atom. The first-order valence-electron chi connectivity index (χ1n) is 9.41. The first kappa shape index (κ1) is 20.3. The van der Waals surface area contributed by atoms with Gasteiger partial charge in [-0.3, -0.25) is 4.79 Å². The quantitative estimate of drug-likeness (QED) is 0.768. The van der Waals surface area contributed by atoms with E-state index in [2.05, 4.69) is 5.16 Å². The molecule has 8 nitrogen and oxygen atoms in total. The maximum Gasteiger partial charge on any atom is 0.248 e. The van der Waals surface area contributed by atoms with Crippen molar-refractivity contribution in [3.63, 3.8) is 0 Å². The number of morpholine rings is 1. The molecule has 2 unspecified atom stereocenters. The molecule has 152 valence electrons. The highest BCUT2D eigenvalue weighted by Gasteiger charge is 2.40. The number of hydrogen-bond acceptors (Lipinski definition) is 6. The van der Waals surface area contributed by atoms with E-state index in [1.807, 2.05) is 25.7 Å². The molecule has 0 N–H and O–H groups in total. The van der Waals surface area contributed by atoms with E-state index in [0.717, 1.165) is 0 Å². The Morgan fingerprint density at radius 1 is 1.26 bits per heavy atom. The number of piperidine rings is 1. The molecule has 0 saturated carbocycles. The van der Waals surface area contributed by atoms with Gasteiger partial charge in [0.2, 0.25) is 15.9 Å². The second-order valence-electron chi connectivity index (χ2n) is 8.26. The minimum absolute atomic E-state index is 0.0110. The van der Waals surface area contributed by atoms with Crippen LogP contribution in [0.25, 0.3) is 0 Å². The maximum atomic E-state index is 13.1. The summed E-state index contributed by atoms with van der Waals surface area (Å²) in [4.78, 5) is 15.0. The van der Waals surface area contributed by atoms with E-state index in [-0.39, 0.29) is 35.1 Å². The monoisotopic (exact) mass is 399 g/mol. The van der Waals surface area contributed by atoms with Crippen molar-refractivity contribution in [2.75, 3.05) is 26.2 Å². The smallest absolute Gasteiger partial charge is 0.248 e. The molecular formula is C18H29N3O5S. The first-order valence-corrected chi connectivity index (χ1v) is 10.8. The van der Waals surface area contributed by atoms with Crippen molar-refractivity contribution in [2.45, 2.75) is 64.1 Å². The van der Waals surface area contributed by atoms with E-state index in [9.17, 15) is 13.2 Å². The summed E-state index contributed by atoms with van der Waals surface area (Å²) >= 11 is 0. The summed E-state index contributed by atoms with van der Waals surface area (Å²) in [5.41, 5.74) is -0.0468. The van der Waals surface area contributed by atoms with Crippen LogP contribution in [0.3, 0.4) is 0 Å². The van der Waals surface area contributed by atoms with Crippen LogP contribution in [0.1, 0.15) is 45.1 Å². The normalized spacial score (nSPS) is 26.9. The highest BCUT2D eigenvalue weighted by molar-refractivity contribution is 7.89. The second-order valence-corrected chi connectivity index (χ2v) is 10.1. The Balaban J connectivity index is 1.77. The molecule has 2 saturated heterocycles. The predicted octanol–water partition coefficient (Wildman–Crippen LogP) is 1.72. The number of carbonyl (C=O) groups excluding carboxylic acids is 1. The number of aromatic nitrogens is 1. The van der Waals surface area contributed by atoms with Crippen molar-refractivity contribution in [2.24, 2.45) is 5.92 Å². The minimum Gasteiger partial charge on any atom is -0.369 e. The van der Waals surface area contributed by atoms with Crippen molar-refractivity contribution >= 4 is 15.9 Å². The average Bonchev–Trinajstić information content (AvgIpc) is 2.91. The zero-order valence-corrected chi connectivity index (χ0v) is 17.5. The van der Waals surface area contributed by atoms with Gasteiger partial charge in [0.05, 0.1) is 17.6 Å². The molecule has 3 heterocycles. The van der Waals surface area contributed by atoms with E-state index in [1.165, 1.54) is 4.31 Å². The zero-order valence-electron chi connectivity index (χ0n) is 16.7. The van der Waals surface area contributed by atoms with Gasteiger partial charge in [-0.15, -0.1) is 0 Å². The molecule has 2 fully saturated rings. The molecule has 2 aliphatic heterocycles. The van der Waals surface area contributed by atoms with E-state index in [4.69, 9.17) is 9.26 Å². The summed E-state index contributed by atoms with van der Waals surface area (Å²) in [6.07, 6.45) is 1.31. The van der Waals surface area contributed by atoms with Crippen LogP contribution in [0, 0.1) is 19.8 Å². The molecule has 27 heavy (non-hydrogen) atoms. The minimum atomic E-state index is -3.73. The van der Waals surface area contributed by atoms with Gasteiger partial charge in [0.25, 0.3) is 0 Å². The fourth-order valence-corrected chi connectivity index (χ4v) is 6.03. The molecule has 1 aromatic rings. The lowest BCUT2D eigenvalue weighted by atomic mass is 9.96. The number of sulfonamides is 1. The molecule has 2 aliphatic rings. The Labute approximate surface area is 160 Å². The number of hydrogen-bond donors (Lipinski definition) is 0. The van der Waals surface area contributed by atoms with Gasteiger partial charge in [-0.2, -0.15) is 4.31 Å². The van der Waals surface area contributed by atoms with E-state index in [1.54, 1.807) is 13.8 Å². The topological polar surface area (TPSA) is 93.0 Å². The number of ether oxygens (including phenoxy) is 1. The van der Waals surface area contributed by atoms with Crippen LogP contribution in [-0.2, 0) is 19.6 Å². The van der Waals surface area contributed by atoms with Crippen LogP contribution in [0.15, 0.2) is 9.42 Å². The van der Waals surface area contributed by atoms with Gasteiger partial charge in [0.1, 0.15) is 10.6 Å². The Morgan fingerprint density at radius 2 is 1.96 bits per heavy atom. The lowest BCUT2D eigenvalue weighted by Crippen LogP contribution is -2.56. The van der Waals surface area contributed by atoms with E-state index in [0.29, 0.717) is 38.2 Å². The molecule has 0 bridgehead atoms. The van der Waals surface area contributed by atoms with Gasteiger partial charge in [-0.1, -0.05) is 5.16 Å². The summed E-state index contributed by atoms with van der Waals surface area (Å²) in [6, 6.07) is 0. The van der Waals surface area contributed by atoms with Crippen LogP contribution >= 0.6 is 0 Å². The molecule has 2 atom stereocenters. The first-order chi connectivity index (χ1) is 12.5. The van der Waals surface area contributed by atoms with E-state index >= 15 is 0 Å². The lowest BCUT2D eigenvalue weighted by molar-refractivity contribution is -0.162.